The van der Waals surface area contributed by atoms with Gasteiger partial charge in [-0.1, -0.05) is 12.1 Å². The summed E-state index contributed by atoms with van der Waals surface area (Å²) in [5.74, 6) is -0.0198. The Hall–Kier alpha value is -3.46. The van der Waals surface area contributed by atoms with E-state index >= 15 is 0 Å². The van der Waals surface area contributed by atoms with Crippen LogP contribution in [0.15, 0.2) is 53.4 Å². The molecule has 4 rings (SSSR count). The van der Waals surface area contributed by atoms with Crippen molar-refractivity contribution in [2.45, 2.75) is 42.9 Å². The molecule has 0 N–H and O–H groups in total. The number of sulfonamides is 1. The summed E-state index contributed by atoms with van der Waals surface area (Å²) in [5.41, 5.74) is -3.01. The lowest BCUT2D eigenvalue weighted by atomic mass is 9.79. The number of alkyl halides is 6. The first kappa shape index (κ1) is 31.5. The zero-order valence-corrected chi connectivity index (χ0v) is 22.9. The maximum atomic E-state index is 13.1. The highest BCUT2D eigenvalue weighted by Crippen LogP contribution is 2.38. The molecule has 42 heavy (non-hydrogen) atoms. The molecule has 0 bridgehead atoms. The summed E-state index contributed by atoms with van der Waals surface area (Å²) in [4.78, 5) is 23.7. The lowest BCUT2D eigenvalue weighted by Gasteiger charge is -2.39. The van der Waals surface area contributed by atoms with Crippen LogP contribution in [0.5, 0.6) is 0 Å². The van der Waals surface area contributed by atoms with Crippen molar-refractivity contribution < 1.29 is 44.5 Å². The third-order valence-electron chi connectivity index (χ3n) is 7.75. The summed E-state index contributed by atoms with van der Waals surface area (Å²) in [6.45, 7) is 0.938. The molecule has 2 aromatic carbocycles. The number of nitro groups is 1. The van der Waals surface area contributed by atoms with Gasteiger partial charge in [0.05, 0.1) is 16.1 Å². The van der Waals surface area contributed by atoms with E-state index in [0.29, 0.717) is 50.9 Å². The molecule has 0 radical (unpaired) electrons. The van der Waals surface area contributed by atoms with E-state index in [1.54, 1.807) is 4.90 Å². The second-order valence-electron chi connectivity index (χ2n) is 10.3. The van der Waals surface area contributed by atoms with Crippen LogP contribution in [0, 0.1) is 22.0 Å². The van der Waals surface area contributed by atoms with Crippen molar-refractivity contribution in [2.75, 3.05) is 26.2 Å². The molecule has 8 nitrogen and oxygen atoms in total. The normalized spacial score (nSPS) is 18.5. The lowest BCUT2D eigenvalue weighted by molar-refractivity contribution is -0.388. The van der Waals surface area contributed by atoms with E-state index in [4.69, 9.17) is 0 Å². The minimum Gasteiger partial charge on any atom is -0.339 e. The summed E-state index contributed by atoms with van der Waals surface area (Å²) in [6, 6.07) is 5.99. The van der Waals surface area contributed by atoms with Crippen LogP contribution in [0.4, 0.5) is 32.0 Å². The molecule has 0 unspecified atom stereocenters. The van der Waals surface area contributed by atoms with E-state index in [0.717, 1.165) is 16.4 Å². The number of hydrogen-bond acceptors (Lipinski definition) is 5. The second kappa shape index (κ2) is 12.0. The summed E-state index contributed by atoms with van der Waals surface area (Å²) in [6.07, 6.45) is -4.61. The van der Waals surface area contributed by atoms with Crippen LogP contribution < -0.4 is 0 Å². The van der Waals surface area contributed by atoms with E-state index in [-0.39, 0.29) is 42.5 Å². The van der Waals surface area contributed by atoms with Gasteiger partial charge in [0.2, 0.25) is 15.9 Å². The number of rotatable bonds is 6. The van der Waals surface area contributed by atoms with E-state index in [1.807, 2.05) is 0 Å². The fourth-order valence-electron chi connectivity index (χ4n) is 5.46. The number of likely N-dealkylation sites (tertiary alicyclic amines) is 1. The summed E-state index contributed by atoms with van der Waals surface area (Å²) < 4.78 is 105. The van der Waals surface area contributed by atoms with Crippen LogP contribution in [0.3, 0.4) is 0 Å². The van der Waals surface area contributed by atoms with Gasteiger partial charge in [-0.25, -0.2) is 8.42 Å². The predicted octanol–water partition coefficient (Wildman–Crippen LogP) is 5.99. The Morgan fingerprint density at radius 1 is 0.857 bits per heavy atom. The fraction of sp³-hybridized carbons (Fsp3) is 0.444. The van der Waals surface area contributed by atoms with Crippen LogP contribution in [-0.2, 0) is 27.2 Å². The van der Waals surface area contributed by atoms with Gasteiger partial charge < -0.3 is 4.90 Å². The van der Waals surface area contributed by atoms with Gasteiger partial charge in [-0.2, -0.15) is 30.6 Å². The second-order valence-corrected chi connectivity index (χ2v) is 12.2. The van der Waals surface area contributed by atoms with Crippen molar-refractivity contribution in [1.82, 2.24) is 9.21 Å². The SMILES string of the molecule is O=C(/C=C/c1cccc(C(F)(F)F)c1)N1CCC(C2CCN(S(=O)(=O)c3ccc(C(F)(F)F)cc3[N+](=O)[O-])CC2)CC1. The highest BCUT2D eigenvalue weighted by atomic mass is 32.2. The molecule has 2 fully saturated rings. The summed E-state index contributed by atoms with van der Waals surface area (Å²) >= 11 is 0. The van der Waals surface area contributed by atoms with Gasteiger partial charge in [0.25, 0.3) is 5.69 Å². The molecule has 0 saturated carbocycles. The Balaban J connectivity index is 1.32. The van der Waals surface area contributed by atoms with Gasteiger partial charge in [0.15, 0.2) is 4.90 Å². The van der Waals surface area contributed by atoms with Gasteiger partial charge in [-0.05, 0) is 73.4 Å². The Morgan fingerprint density at radius 3 is 1.95 bits per heavy atom. The van der Waals surface area contributed by atoms with E-state index in [9.17, 15) is 49.7 Å². The largest absolute Gasteiger partial charge is 0.416 e. The topological polar surface area (TPSA) is 101 Å². The number of benzene rings is 2. The Labute approximate surface area is 237 Å². The molecule has 15 heteroatoms. The zero-order valence-electron chi connectivity index (χ0n) is 22.1. The molecule has 0 spiro atoms. The number of nitro benzene ring substituents is 1. The zero-order chi connectivity index (χ0) is 30.9. The van der Waals surface area contributed by atoms with E-state index < -0.39 is 49.0 Å². The van der Waals surface area contributed by atoms with Crippen LogP contribution in [0.1, 0.15) is 42.4 Å². The summed E-state index contributed by atoms with van der Waals surface area (Å²) in [7, 11) is -4.41. The number of hydrogen-bond donors (Lipinski definition) is 0. The third-order valence-corrected chi connectivity index (χ3v) is 9.70. The standard InChI is InChI=1S/C27H27F6N3O5S/c28-26(29,30)21-3-1-2-18(16-21)4-7-25(37)34-12-8-19(9-13-34)20-10-14-35(15-11-20)42(40,41)24-6-5-22(27(31,32)33)17-23(24)36(38)39/h1-7,16-17,19-20H,8-15H2/b7-4+. The van der Waals surface area contributed by atoms with Crippen LogP contribution in [0.25, 0.3) is 6.08 Å². The molecule has 2 saturated heterocycles. The van der Waals surface area contributed by atoms with Crippen LogP contribution in [-0.4, -0.2) is 54.6 Å². The average Bonchev–Trinajstić information content (AvgIpc) is 2.95. The molecule has 228 valence electrons. The Morgan fingerprint density at radius 2 is 1.40 bits per heavy atom. The molecular weight excluding hydrogens is 592 g/mol. The van der Waals surface area contributed by atoms with Crippen molar-refractivity contribution in [3.63, 3.8) is 0 Å². The quantitative estimate of drug-likeness (QED) is 0.171. The number of amides is 1. The number of nitrogens with zero attached hydrogens (tertiary/aromatic N) is 3. The molecule has 0 aliphatic carbocycles. The molecule has 0 atom stereocenters. The maximum Gasteiger partial charge on any atom is 0.416 e. The number of halogens is 6. The fourth-order valence-corrected chi connectivity index (χ4v) is 7.07. The van der Waals surface area contributed by atoms with E-state index in [1.165, 1.54) is 24.3 Å². The average molecular weight is 620 g/mol. The molecule has 0 aromatic heterocycles. The van der Waals surface area contributed by atoms with Crippen molar-refractivity contribution >= 4 is 27.7 Å². The molecule has 2 heterocycles. The monoisotopic (exact) mass is 619 g/mol. The first-order valence-electron chi connectivity index (χ1n) is 13.1. The molecule has 2 aromatic rings. The number of piperidine rings is 2. The predicted molar refractivity (Wildman–Crippen MR) is 139 cm³/mol. The first-order chi connectivity index (χ1) is 19.6. The molecule has 2 aliphatic heterocycles. The van der Waals surface area contributed by atoms with E-state index in [2.05, 4.69) is 0 Å². The van der Waals surface area contributed by atoms with Gasteiger partial charge >= 0.3 is 12.4 Å². The smallest absolute Gasteiger partial charge is 0.339 e. The Kier molecular flexibility index (Phi) is 9.02. The third kappa shape index (κ3) is 7.12. The number of carbonyl (C=O) groups is 1. The number of carbonyl (C=O) groups excluding carboxylic acids is 1. The molecule has 2 aliphatic rings. The molecular formula is C27H27F6N3O5S. The minimum atomic E-state index is -4.87. The van der Waals surface area contributed by atoms with Crippen LogP contribution in [0.2, 0.25) is 0 Å². The lowest BCUT2D eigenvalue weighted by Crippen LogP contribution is -2.43. The minimum absolute atomic E-state index is 0.0457. The Bertz CT molecular complexity index is 1460. The van der Waals surface area contributed by atoms with Gasteiger partial charge in [0, 0.05) is 38.3 Å². The van der Waals surface area contributed by atoms with Crippen molar-refractivity contribution in [3.05, 3.63) is 75.3 Å². The van der Waals surface area contributed by atoms with Gasteiger partial charge in [0.1, 0.15) is 0 Å². The maximum absolute atomic E-state index is 13.1. The highest BCUT2D eigenvalue weighted by Gasteiger charge is 2.39. The first-order valence-corrected chi connectivity index (χ1v) is 14.5. The van der Waals surface area contributed by atoms with Crippen molar-refractivity contribution in [3.8, 4) is 0 Å². The van der Waals surface area contributed by atoms with Crippen molar-refractivity contribution in [1.29, 1.82) is 0 Å². The summed E-state index contributed by atoms with van der Waals surface area (Å²) in [5, 5.41) is 11.4. The van der Waals surface area contributed by atoms with Crippen molar-refractivity contribution in [2.24, 2.45) is 11.8 Å². The molecule has 1 amide bonds. The van der Waals surface area contributed by atoms with Gasteiger partial charge in [-0.15, -0.1) is 0 Å². The van der Waals surface area contributed by atoms with Gasteiger partial charge in [-0.3, -0.25) is 14.9 Å². The van der Waals surface area contributed by atoms with Crippen LogP contribution >= 0.6 is 0 Å². The highest BCUT2D eigenvalue weighted by molar-refractivity contribution is 7.89.